The molecule has 6 heteroatoms. The Hall–Kier alpha value is -1.88. The molecule has 2 aromatic rings. The second kappa shape index (κ2) is 6.33. The second-order valence-corrected chi connectivity index (χ2v) is 4.57. The third kappa shape index (κ3) is 3.54. The van der Waals surface area contributed by atoms with Gasteiger partial charge in [0.15, 0.2) is 6.29 Å². The fourth-order valence-electron chi connectivity index (χ4n) is 1.71. The number of rotatable bonds is 6. The lowest BCUT2D eigenvalue weighted by Crippen LogP contribution is -2.18. The summed E-state index contributed by atoms with van der Waals surface area (Å²) in [6, 6.07) is 3.93. The smallest absolute Gasteiger partial charge is 0.156 e. The molecule has 0 aliphatic carbocycles. The molecule has 0 aromatic carbocycles. The lowest BCUT2D eigenvalue weighted by molar-refractivity contribution is 0.112. The Morgan fingerprint density at radius 2 is 2.37 bits per heavy atom. The van der Waals surface area contributed by atoms with Crippen molar-refractivity contribution in [3.8, 4) is 0 Å². The molecule has 5 nitrogen and oxygen atoms in total. The number of hydrogen-bond donors (Lipinski definition) is 1. The summed E-state index contributed by atoms with van der Waals surface area (Å²) in [5.74, 6) is 1.40. The molecule has 0 saturated carbocycles. The number of carbonyl (C=O) groups excluding carboxylic acids is 1. The minimum atomic E-state index is 0.134. The number of anilines is 1. The van der Waals surface area contributed by atoms with Crippen molar-refractivity contribution in [3.05, 3.63) is 41.2 Å². The van der Waals surface area contributed by atoms with Crippen LogP contribution in [0.2, 0.25) is 5.15 Å². The highest BCUT2D eigenvalue weighted by molar-refractivity contribution is 6.32. The molecule has 2 heterocycles. The maximum absolute atomic E-state index is 11.0. The number of nitrogens with zero attached hydrogens (tertiary/aromatic N) is 2. The van der Waals surface area contributed by atoms with Crippen LogP contribution in [0, 0.1) is 0 Å². The number of furan rings is 1. The Labute approximate surface area is 116 Å². The number of aldehydes is 1. The van der Waals surface area contributed by atoms with E-state index in [1.165, 1.54) is 6.33 Å². The van der Waals surface area contributed by atoms with E-state index in [0.717, 1.165) is 18.6 Å². The van der Waals surface area contributed by atoms with E-state index in [2.05, 4.69) is 15.3 Å². The van der Waals surface area contributed by atoms with Gasteiger partial charge in [-0.15, -0.1) is 0 Å². The van der Waals surface area contributed by atoms with Crippen molar-refractivity contribution >= 4 is 23.7 Å². The quantitative estimate of drug-likeness (QED) is 0.650. The average Bonchev–Trinajstić information content (AvgIpc) is 2.90. The lowest BCUT2D eigenvalue weighted by atomic mass is 10.1. The summed E-state index contributed by atoms with van der Waals surface area (Å²) < 4.78 is 5.27. The van der Waals surface area contributed by atoms with Crippen LogP contribution in [0.3, 0.4) is 0 Å². The summed E-state index contributed by atoms with van der Waals surface area (Å²) in [5, 5.41) is 3.31. The SMILES string of the molecule is CC(CCc1ccco1)Nc1ncnc(Cl)c1C=O. The largest absolute Gasteiger partial charge is 0.469 e. The first-order valence-electron chi connectivity index (χ1n) is 5.95. The zero-order valence-corrected chi connectivity index (χ0v) is 11.2. The summed E-state index contributed by atoms with van der Waals surface area (Å²) in [4.78, 5) is 18.8. The molecular formula is C13H14ClN3O2. The monoisotopic (exact) mass is 279 g/mol. The molecule has 1 N–H and O–H groups in total. The first-order chi connectivity index (χ1) is 9.20. The molecule has 0 saturated heterocycles. The van der Waals surface area contributed by atoms with E-state index in [1.54, 1.807) is 6.26 Å². The van der Waals surface area contributed by atoms with Crippen molar-refractivity contribution in [2.24, 2.45) is 0 Å². The van der Waals surface area contributed by atoms with E-state index in [0.29, 0.717) is 12.1 Å². The Bertz CT molecular complexity index is 543. The van der Waals surface area contributed by atoms with Crippen LogP contribution in [0.25, 0.3) is 0 Å². The van der Waals surface area contributed by atoms with E-state index in [1.807, 2.05) is 19.1 Å². The van der Waals surface area contributed by atoms with Gasteiger partial charge in [-0.3, -0.25) is 4.79 Å². The van der Waals surface area contributed by atoms with Crippen LogP contribution in [-0.4, -0.2) is 22.3 Å². The van der Waals surface area contributed by atoms with Crippen LogP contribution < -0.4 is 5.32 Å². The first kappa shape index (κ1) is 13.5. The van der Waals surface area contributed by atoms with Crippen LogP contribution in [0.15, 0.2) is 29.1 Å². The summed E-state index contributed by atoms with van der Waals surface area (Å²) in [6.07, 6.45) is 5.31. The van der Waals surface area contributed by atoms with Crippen molar-refractivity contribution in [1.82, 2.24) is 9.97 Å². The molecule has 0 fully saturated rings. The maximum atomic E-state index is 11.0. The predicted molar refractivity (Wildman–Crippen MR) is 72.5 cm³/mol. The fraction of sp³-hybridized carbons (Fsp3) is 0.308. The Kier molecular flexibility index (Phi) is 4.52. The number of halogens is 1. The van der Waals surface area contributed by atoms with Gasteiger partial charge in [0.2, 0.25) is 0 Å². The van der Waals surface area contributed by atoms with Gasteiger partial charge in [-0.05, 0) is 25.5 Å². The van der Waals surface area contributed by atoms with Crippen LogP contribution in [-0.2, 0) is 6.42 Å². The molecular weight excluding hydrogens is 266 g/mol. The Morgan fingerprint density at radius 1 is 1.53 bits per heavy atom. The molecule has 19 heavy (non-hydrogen) atoms. The normalized spacial score (nSPS) is 12.1. The molecule has 1 atom stereocenters. The van der Waals surface area contributed by atoms with E-state index in [4.69, 9.17) is 16.0 Å². The highest BCUT2D eigenvalue weighted by Gasteiger charge is 2.11. The molecule has 0 bridgehead atoms. The number of nitrogens with one attached hydrogen (secondary N) is 1. The van der Waals surface area contributed by atoms with Gasteiger partial charge in [-0.1, -0.05) is 11.6 Å². The topological polar surface area (TPSA) is 68.0 Å². The molecule has 0 amide bonds. The summed E-state index contributed by atoms with van der Waals surface area (Å²) in [6.45, 7) is 2.01. The van der Waals surface area contributed by atoms with Crippen LogP contribution >= 0.6 is 11.6 Å². The van der Waals surface area contributed by atoms with Crippen molar-refractivity contribution in [2.45, 2.75) is 25.8 Å². The van der Waals surface area contributed by atoms with Crippen molar-refractivity contribution < 1.29 is 9.21 Å². The number of carbonyl (C=O) groups is 1. The molecule has 0 aliphatic heterocycles. The third-order valence-corrected chi connectivity index (χ3v) is 3.04. The highest BCUT2D eigenvalue weighted by Crippen LogP contribution is 2.19. The number of hydrogen-bond acceptors (Lipinski definition) is 5. The zero-order chi connectivity index (χ0) is 13.7. The van der Waals surface area contributed by atoms with Gasteiger partial charge in [0.25, 0.3) is 0 Å². The first-order valence-corrected chi connectivity index (χ1v) is 6.33. The van der Waals surface area contributed by atoms with E-state index >= 15 is 0 Å². The Balaban J connectivity index is 1.97. The average molecular weight is 280 g/mol. The Morgan fingerprint density at radius 3 is 3.05 bits per heavy atom. The number of aromatic nitrogens is 2. The zero-order valence-electron chi connectivity index (χ0n) is 10.5. The molecule has 100 valence electrons. The van der Waals surface area contributed by atoms with Crippen molar-refractivity contribution in [1.29, 1.82) is 0 Å². The van der Waals surface area contributed by atoms with Gasteiger partial charge in [-0.2, -0.15) is 0 Å². The van der Waals surface area contributed by atoms with Gasteiger partial charge in [0, 0.05) is 12.5 Å². The molecule has 2 aromatic heterocycles. The molecule has 0 spiro atoms. The fourth-order valence-corrected chi connectivity index (χ4v) is 1.89. The lowest BCUT2D eigenvalue weighted by Gasteiger charge is -2.15. The molecule has 0 aliphatic rings. The maximum Gasteiger partial charge on any atom is 0.156 e. The minimum absolute atomic E-state index is 0.134. The summed E-state index contributed by atoms with van der Waals surface area (Å²) in [7, 11) is 0. The highest BCUT2D eigenvalue weighted by atomic mass is 35.5. The van der Waals surface area contributed by atoms with Crippen LogP contribution in [0.5, 0.6) is 0 Å². The molecule has 1 unspecified atom stereocenters. The van der Waals surface area contributed by atoms with Gasteiger partial charge < -0.3 is 9.73 Å². The van der Waals surface area contributed by atoms with E-state index in [-0.39, 0.29) is 16.8 Å². The van der Waals surface area contributed by atoms with Gasteiger partial charge in [0.1, 0.15) is 23.1 Å². The third-order valence-electron chi connectivity index (χ3n) is 2.74. The summed E-state index contributed by atoms with van der Waals surface area (Å²) >= 11 is 5.83. The molecule has 0 radical (unpaired) electrons. The van der Waals surface area contributed by atoms with Crippen molar-refractivity contribution in [3.63, 3.8) is 0 Å². The predicted octanol–water partition coefficient (Wildman–Crippen LogP) is 2.97. The minimum Gasteiger partial charge on any atom is -0.469 e. The van der Waals surface area contributed by atoms with Gasteiger partial charge in [-0.25, -0.2) is 9.97 Å². The number of aryl methyl sites for hydroxylation is 1. The van der Waals surface area contributed by atoms with Gasteiger partial charge in [0.05, 0.1) is 11.8 Å². The standard InChI is InChI=1S/C13H14ClN3O2/c1-9(4-5-10-3-2-6-19-10)17-13-11(7-18)12(14)15-8-16-13/h2-3,6-9H,4-5H2,1H3,(H,15,16,17). The summed E-state index contributed by atoms with van der Waals surface area (Å²) in [5.41, 5.74) is 0.286. The van der Waals surface area contributed by atoms with Crippen molar-refractivity contribution in [2.75, 3.05) is 5.32 Å². The van der Waals surface area contributed by atoms with Crippen LogP contribution in [0.4, 0.5) is 5.82 Å². The van der Waals surface area contributed by atoms with Crippen LogP contribution in [0.1, 0.15) is 29.5 Å². The second-order valence-electron chi connectivity index (χ2n) is 4.21. The molecule has 2 rings (SSSR count). The van der Waals surface area contributed by atoms with E-state index < -0.39 is 0 Å². The van der Waals surface area contributed by atoms with Gasteiger partial charge >= 0.3 is 0 Å². The van der Waals surface area contributed by atoms with E-state index in [9.17, 15) is 4.79 Å².